The van der Waals surface area contributed by atoms with Crippen LogP contribution in [0, 0.1) is 6.92 Å². The number of hydrogen-bond acceptors (Lipinski definition) is 3. The van der Waals surface area contributed by atoms with E-state index in [9.17, 15) is 9.59 Å². The first-order chi connectivity index (χ1) is 9.90. The van der Waals surface area contributed by atoms with Gasteiger partial charge < -0.3 is 9.30 Å². The summed E-state index contributed by atoms with van der Waals surface area (Å²) >= 11 is 6.29. The molecule has 0 spiro atoms. The van der Waals surface area contributed by atoms with Crippen LogP contribution < -0.4 is 0 Å². The van der Waals surface area contributed by atoms with Crippen molar-refractivity contribution >= 4 is 34.3 Å². The Hall–Kier alpha value is -1.81. The standard InChI is InChI=1S/C16H18ClNO3/c1-5-21-16(20)15(19)13-10(4)11-7-6-8-12(17)14(11)18(13)9(2)3/h6-9H,5H2,1-4H3. The minimum atomic E-state index is -0.832. The molecule has 0 bridgehead atoms. The molecule has 2 aromatic rings. The molecule has 0 aliphatic rings. The highest BCUT2D eigenvalue weighted by atomic mass is 35.5. The number of halogens is 1. The van der Waals surface area contributed by atoms with Crippen LogP contribution in [0.4, 0.5) is 0 Å². The Morgan fingerprint density at radius 2 is 2.00 bits per heavy atom. The summed E-state index contributed by atoms with van der Waals surface area (Å²) in [6.45, 7) is 7.57. The van der Waals surface area contributed by atoms with Crippen molar-refractivity contribution in [1.82, 2.24) is 4.57 Å². The van der Waals surface area contributed by atoms with E-state index in [1.165, 1.54) is 0 Å². The van der Waals surface area contributed by atoms with Crippen molar-refractivity contribution in [3.63, 3.8) is 0 Å². The number of nitrogens with zero attached hydrogens (tertiary/aromatic N) is 1. The van der Waals surface area contributed by atoms with Crippen LogP contribution in [0.5, 0.6) is 0 Å². The molecule has 0 N–H and O–H groups in total. The Balaban J connectivity index is 2.77. The fourth-order valence-electron chi connectivity index (χ4n) is 2.57. The van der Waals surface area contributed by atoms with Crippen LogP contribution in [0.1, 0.15) is 42.9 Å². The van der Waals surface area contributed by atoms with Gasteiger partial charge in [-0.05, 0) is 39.3 Å². The van der Waals surface area contributed by atoms with Crippen LogP contribution in [-0.4, -0.2) is 22.9 Å². The Bertz CT molecular complexity index is 716. The summed E-state index contributed by atoms with van der Waals surface area (Å²) in [6.07, 6.45) is 0. The number of ketones is 1. The molecule has 0 fully saturated rings. The maximum atomic E-state index is 12.4. The third kappa shape index (κ3) is 2.56. The zero-order chi connectivity index (χ0) is 15.7. The highest BCUT2D eigenvalue weighted by Gasteiger charge is 2.28. The third-order valence-corrected chi connectivity index (χ3v) is 3.73. The second-order valence-electron chi connectivity index (χ2n) is 5.12. The fourth-order valence-corrected chi connectivity index (χ4v) is 2.84. The number of hydrogen-bond donors (Lipinski definition) is 0. The number of para-hydroxylation sites is 1. The minimum Gasteiger partial charge on any atom is -0.460 e. The van der Waals surface area contributed by atoms with E-state index in [-0.39, 0.29) is 12.6 Å². The topological polar surface area (TPSA) is 48.3 Å². The SMILES string of the molecule is CCOC(=O)C(=O)c1c(C)c2cccc(Cl)c2n1C(C)C. The summed E-state index contributed by atoms with van der Waals surface area (Å²) in [5.41, 5.74) is 1.88. The van der Waals surface area contributed by atoms with Crippen LogP contribution >= 0.6 is 11.6 Å². The molecule has 0 saturated carbocycles. The molecule has 112 valence electrons. The highest BCUT2D eigenvalue weighted by molar-refractivity contribution is 6.42. The summed E-state index contributed by atoms with van der Waals surface area (Å²) in [4.78, 5) is 24.2. The fraction of sp³-hybridized carbons (Fsp3) is 0.375. The number of carbonyl (C=O) groups excluding carboxylic acids is 2. The van der Waals surface area contributed by atoms with Gasteiger partial charge in [-0.25, -0.2) is 4.79 Å². The number of esters is 1. The summed E-state index contributed by atoms with van der Waals surface area (Å²) < 4.78 is 6.65. The first-order valence-electron chi connectivity index (χ1n) is 6.90. The van der Waals surface area contributed by atoms with E-state index in [0.717, 1.165) is 16.5 Å². The molecule has 0 radical (unpaired) electrons. The number of Topliss-reactive ketones (excluding diaryl/α,β-unsaturated/α-hetero) is 1. The molecule has 0 unspecified atom stereocenters. The molecule has 0 aliphatic carbocycles. The molecule has 1 aromatic heterocycles. The van der Waals surface area contributed by atoms with E-state index in [1.54, 1.807) is 13.0 Å². The summed E-state index contributed by atoms with van der Waals surface area (Å²) in [5, 5.41) is 1.44. The van der Waals surface area contributed by atoms with Crippen molar-refractivity contribution in [2.45, 2.75) is 33.7 Å². The second kappa shape index (κ2) is 5.90. The van der Waals surface area contributed by atoms with E-state index < -0.39 is 11.8 Å². The minimum absolute atomic E-state index is 0.00511. The van der Waals surface area contributed by atoms with Gasteiger partial charge in [0.05, 0.1) is 17.1 Å². The van der Waals surface area contributed by atoms with E-state index in [0.29, 0.717) is 10.7 Å². The predicted molar refractivity (Wildman–Crippen MR) is 83.0 cm³/mol. The van der Waals surface area contributed by atoms with Gasteiger partial charge in [0.25, 0.3) is 5.78 Å². The molecule has 0 amide bonds. The Morgan fingerprint density at radius 3 is 2.57 bits per heavy atom. The highest BCUT2D eigenvalue weighted by Crippen LogP contribution is 2.33. The quantitative estimate of drug-likeness (QED) is 0.488. The first kappa shape index (κ1) is 15.6. The van der Waals surface area contributed by atoms with Crippen molar-refractivity contribution < 1.29 is 14.3 Å². The molecule has 21 heavy (non-hydrogen) atoms. The third-order valence-electron chi connectivity index (χ3n) is 3.42. The number of carbonyl (C=O) groups is 2. The number of fused-ring (bicyclic) bond motifs is 1. The van der Waals surface area contributed by atoms with Gasteiger partial charge in [-0.2, -0.15) is 0 Å². The molecule has 0 aliphatic heterocycles. The van der Waals surface area contributed by atoms with Gasteiger partial charge >= 0.3 is 5.97 Å². The van der Waals surface area contributed by atoms with Gasteiger partial charge in [-0.3, -0.25) is 4.79 Å². The lowest BCUT2D eigenvalue weighted by atomic mass is 10.1. The molecule has 2 rings (SSSR count). The largest absolute Gasteiger partial charge is 0.460 e. The smallest absolute Gasteiger partial charge is 0.381 e. The van der Waals surface area contributed by atoms with Crippen molar-refractivity contribution in [1.29, 1.82) is 0 Å². The van der Waals surface area contributed by atoms with Crippen LogP contribution in [0.3, 0.4) is 0 Å². The monoisotopic (exact) mass is 307 g/mol. The second-order valence-corrected chi connectivity index (χ2v) is 5.53. The molecule has 1 heterocycles. The number of rotatable bonds is 4. The van der Waals surface area contributed by atoms with Gasteiger partial charge in [-0.15, -0.1) is 0 Å². The lowest BCUT2D eigenvalue weighted by Crippen LogP contribution is -2.22. The van der Waals surface area contributed by atoms with Crippen molar-refractivity contribution in [2.75, 3.05) is 6.61 Å². The normalized spacial score (nSPS) is 11.1. The van der Waals surface area contributed by atoms with E-state index in [4.69, 9.17) is 16.3 Å². The van der Waals surface area contributed by atoms with E-state index >= 15 is 0 Å². The van der Waals surface area contributed by atoms with Crippen LogP contribution in [0.15, 0.2) is 18.2 Å². The zero-order valence-corrected chi connectivity index (χ0v) is 13.3. The molecule has 0 saturated heterocycles. The molecule has 5 heteroatoms. The average molecular weight is 308 g/mol. The predicted octanol–water partition coefficient (Wildman–Crippen LogP) is 3.93. The van der Waals surface area contributed by atoms with Crippen LogP contribution in [-0.2, 0) is 9.53 Å². The maximum absolute atomic E-state index is 12.4. The van der Waals surface area contributed by atoms with Gasteiger partial charge in [0.15, 0.2) is 0 Å². The first-order valence-corrected chi connectivity index (χ1v) is 7.28. The Labute approximate surface area is 128 Å². The Morgan fingerprint density at radius 1 is 1.33 bits per heavy atom. The zero-order valence-electron chi connectivity index (χ0n) is 12.6. The number of benzene rings is 1. The van der Waals surface area contributed by atoms with Crippen molar-refractivity contribution in [3.05, 3.63) is 34.5 Å². The van der Waals surface area contributed by atoms with Gasteiger partial charge in [-0.1, -0.05) is 23.7 Å². The summed E-state index contributed by atoms with van der Waals surface area (Å²) in [6, 6.07) is 5.51. The summed E-state index contributed by atoms with van der Waals surface area (Å²) in [5.74, 6) is -1.46. The van der Waals surface area contributed by atoms with Crippen LogP contribution in [0.25, 0.3) is 10.9 Å². The molecule has 1 aromatic carbocycles. The molecule has 4 nitrogen and oxygen atoms in total. The molecular weight excluding hydrogens is 290 g/mol. The average Bonchev–Trinajstić information content (AvgIpc) is 2.73. The van der Waals surface area contributed by atoms with Gasteiger partial charge in [0, 0.05) is 11.4 Å². The number of ether oxygens (including phenoxy) is 1. The summed E-state index contributed by atoms with van der Waals surface area (Å²) in [7, 11) is 0. The molecular formula is C16H18ClNO3. The number of aromatic nitrogens is 1. The Kier molecular flexibility index (Phi) is 4.37. The van der Waals surface area contributed by atoms with E-state index in [2.05, 4.69) is 0 Å². The van der Waals surface area contributed by atoms with Crippen molar-refractivity contribution in [2.24, 2.45) is 0 Å². The van der Waals surface area contributed by atoms with Gasteiger partial charge in [0.2, 0.25) is 0 Å². The van der Waals surface area contributed by atoms with Crippen LogP contribution in [0.2, 0.25) is 5.02 Å². The van der Waals surface area contributed by atoms with Crippen molar-refractivity contribution in [3.8, 4) is 0 Å². The lowest BCUT2D eigenvalue weighted by Gasteiger charge is -2.14. The lowest BCUT2D eigenvalue weighted by molar-refractivity contribution is -0.137. The molecule has 0 atom stereocenters. The maximum Gasteiger partial charge on any atom is 0.381 e. The van der Waals surface area contributed by atoms with E-state index in [1.807, 2.05) is 37.5 Å². The number of aryl methyl sites for hydroxylation is 1. The van der Waals surface area contributed by atoms with Gasteiger partial charge in [0.1, 0.15) is 5.69 Å².